The Kier molecular flexibility index (Phi) is 20.1. The molecule has 1 aliphatic carbocycles. The lowest BCUT2D eigenvalue weighted by molar-refractivity contribution is -0.172. The molecular weight excluding hydrogens is 1130 g/mol. The third-order valence-corrected chi connectivity index (χ3v) is 15.5. The number of benzene rings is 2. The average Bonchev–Trinajstić information content (AvgIpc) is 1.67. The molecule has 0 fully saturated rings. The molecule has 4 atom stereocenters. The zero-order valence-corrected chi connectivity index (χ0v) is 49.0. The first-order valence-corrected chi connectivity index (χ1v) is 28.9. The van der Waals surface area contributed by atoms with E-state index in [9.17, 15) is 62.6 Å². The smallest absolute Gasteiger partial charge is 0.343 e. The van der Waals surface area contributed by atoms with Gasteiger partial charge >= 0.3 is 11.9 Å². The van der Waals surface area contributed by atoms with Crippen molar-refractivity contribution in [3.05, 3.63) is 110 Å². The summed E-state index contributed by atoms with van der Waals surface area (Å²) in [6.45, 7) is 6.46. The number of carbonyl (C=O) groups excluding carboxylic acids is 11. The van der Waals surface area contributed by atoms with E-state index in [0.29, 0.717) is 58.9 Å². The highest BCUT2D eigenvalue weighted by Gasteiger charge is 2.46. The molecule has 462 valence electrons. The van der Waals surface area contributed by atoms with E-state index in [-0.39, 0.29) is 105 Å². The van der Waals surface area contributed by atoms with Gasteiger partial charge in [-0.1, -0.05) is 43.7 Å². The van der Waals surface area contributed by atoms with Crippen LogP contribution in [0.4, 0.5) is 4.39 Å². The number of hydrogen-bond donors (Lipinski definition) is 8. The van der Waals surface area contributed by atoms with Crippen LogP contribution in [-0.2, 0) is 93.8 Å². The van der Waals surface area contributed by atoms with Crippen LogP contribution in [0.3, 0.4) is 0 Å². The van der Waals surface area contributed by atoms with Gasteiger partial charge in [0, 0.05) is 67.1 Å². The van der Waals surface area contributed by atoms with Crippen molar-refractivity contribution < 1.29 is 71.7 Å². The summed E-state index contributed by atoms with van der Waals surface area (Å²) in [6.07, 6.45) is 3.73. The van der Waals surface area contributed by atoms with Crippen LogP contribution in [0.25, 0.3) is 22.3 Å². The van der Waals surface area contributed by atoms with E-state index in [0.717, 1.165) is 4.90 Å². The molecule has 0 saturated heterocycles. The highest BCUT2D eigenvalue weighted by atomic mass is 19.1. The van der Waals surface area contributed by atoms with E-state index in [2.05, 4.69) is 37.2 Å². The zero-order valence-electron chi connectivity index (χ0n) is 49.0. The van der Waals surface area contributed by atoms with Crippen LogP contribution in [0.5, 0.6) is 0 Å². The number of halogens is 1. The molecule has 9 amide bonds. The Morgan fingerprint density at radius 2 is 1.46 bits per heavy atom. The molecule has 25 nitrogen and oxygen atoms in total. The highest BCUT2D eigenvalue weighted by molar-refractivity contribution is 6.12. The average molecular weight is 1200 g/mol. The minimum Gasteiger partial charge on any atom is -0.460 e. The van der Waals surface area contributed by atoms with Gasteiger partial charge < -0.3 is 56.4 Å². The number of esters is 2. The fraction of sp³-hybridized carbons (Fsp3) is 0.459. The number of rotatable bonds is 26. The number of unbranched alkanes of at least 4 members (excludes halogenated alkanes) is 2. The summed E-state index contributed by atoms with van der Waals surface area (Å²) in [5.74, 6) is -7.55. The maximum Gasteiger partial charge on any atom is 0.343 e. The van der Waals surface area contributed by atoms with E-state index in [1.165, 1.54) is 28.9 Å². The Labute approximate surface area is 499 Å². The van der Waals surface area contributed by atoms with Gasteiger partial charge in [0.2, 0.25) is 41.4 Å². The number of amides is 9. The second-order valence-corrected chi connectivity index (χ2v) is 22.8. The van der Waals surface area contributed by atoms with Gasteiger partial charge in [0.1, 0.15) is 30.1 Å². The van der Waals surface area contributed by atoms with Crippen molar-refractivity contribution in [2.75, 3.05) is 32.7 Å². The molecule has 8 N–H and O–H groups in total. The molecule has 0 spiro atoms. The van der Waals surface area contributed by atoms with Gasteiger partial charge in [-0.2, -0.15) is 0 Å². The standard InChI is InChI=1S/C61H71FN10O15/c1-6-61(85)38-25-44-55-36(31-72(44)58(83)37(38)32-86-59(61)84)54-40(19-18-35-33(2)39(62)26-41(69-55)53(35)54)70-57(82)43(27-52(80)87-60(3,4)5)67-46(74)17-13-22-63-47(75)29-66-56(81)42(24-34-14-9-7-10-15-34)68-49(77)30-65-48(76)28-64-45(73)16-11-8-12-23-71-50(78)20-21-51(71)79/h7,9-10,14-15,20-21,25-26,40,42-43,85H,6,8,11-13,16-19,22-24,27-32H2,1-5H3,(H,63,75)(H,64,73)(H,65,76)(H,66,81)(H,67,74)(H,68,77)(H,70,82)/t40-,42-,43-,61-/m0/s1. The second kappa shape index (κ2) is 27.4. The minimum absolute atomic E-state index is 0.0184. The van der Waals surface area contributed by atoms with Gasteiger partial charge in [-0.15, -0.1) is 0 Å². The van der Waals surface area contributed by atoms with Crippen LogP contribution in [-0.4, -0.2) is 135 Å². The summed E-state index contributed by atoms with van der Waals surface area (Å²) in [6, 6.07) is 8.05. The minimum atomic E-state index is -2.10. The summed E-state index contributed by atoms with van der Waals surface area (Å²) >= 11 is 0. The number of carbonyl (C=O) groups is 11. The lowest BCUT2D eigenvalue weighted by Gasteiger charge is -2.31. The van der Waals surface area contributed by atoms with E-state index in [4.69, 9.17) is 14.5 Å². The van der Waals surface area contributed by atoms with Crippen molar-refractivity contribution in [2.45, 2.75) is 148 Å². The van der Waals surface area contributed by atoms with E-state index < -0.39 is 120 Å². The number of imide groups is 1. The normalized spacial score (nSPS) is 17.0. The Balaban J connectivity index is 0.843. The molecule has 3 aliphatic heterocycles. The molecule has 0 bridgehead atoms. The van der Waals surface area contributed by atoms with Crippen molar-refractivity contribution in [3.63, 3.8) is 0 Å². The Bertz CT molecular complexity index is 3520. The molecular formula is C61H71FN10O15. The molecule has 2 aromatic heterocycles. The van der Waals surface area contributed by atoms with Gasteiger partial charge in [-0.3, -0.25) is 57.6 Å². The van der Waals surface area contributed by atoms with Crippen LogP contribution < -0.4 is 42.8 Å². The maximum absolute atomic E-state index is 15.6. The van der Waals surface area contributed by atoms with Gasteiger partial charge in [0.25, 0.3) is 17.4 Å². The third-order valence-electron chi connectivity index (χ3n) is 15.5. The molecule has 0 saturated carbocycles. The van der Waals surface area contributed by atoms with Crippen molar-refractivity contribution in [1.82, 2.24) is 51.7 Å². The van der Waals surface area contributed by atoms with Gasteiger partial charge in [-0.05, 0) is 94.5 Å². The fourth-order valence-corrected chi connectivity index (χ4v) is 11.0. The van der Waals surface area contributed by atoms with Crippen LogP contribution in [0.1, 0.15) is 130 Å². The summed E-state index contributed by atoms with van der Waals surface area (Å²) in [4.78, 5) is 162. The second-order valence-electron chi connectivity index (χ2n) is 22.8. The monoisotopic (exact) mass is 1200 g/mol. The quantitative estimate of drug-likeness (QED) is 0.0220. The topological polar surface area (TPSA) is 349 Å². The number of aryl methyl sites for hydroxylation is 1. The first-order chi connectivity index (χ1) is 41.3. The molecule has 0 radical (unpaired) electrons. The van der Waals surface area contributed by atoms with Crippen molar-refractivity contribution >= 4 is 76.0 Å². The Morgan fingerprint density at radius 3 is 2.17 bits per heavy atom. The molecule has 4 aliphatic rings. The Hall–Kier alpha value is -9.20. The van der Waals surface area contributed by atoms with E-state index >= 15 is 4.39 Å². The third kappa shape index (κ3) is 15.3. The van der Waals surface area contributed by atoms with Gasteiger partial charge in [0.15, 0.2) is 5.60 Å². The largest absolute Gasteiger partial charge is 0.460 e. The van der Waals surface area contributed by atoms with Crippen LogP contribution >= 0.6 is 0 Å². The van der Waals surface area contributed by atoms with Crippen molar-refractivity contribution in [1.29, 1.82) is 0 Å². The molecule has 26 heteroatoms. The number of cyclic esters (lactones) is 1. The van der Waals surface area contributed by atoms with Crippen LogP contribution in [0, 0.1) is 12.7 Å². The Morgan fingerprint density at radius 1 is 0.793 bits per heavy atom. The number of hydrogen-bond acceptors (Lipinski definition) is 16. The first kappa shape index (κ1) is 63.8. The van der Waals surface area contributed by atoms with Crippen molar-refractivity contribution in [3.8, 4) is 11.4 Å². The predicted octanol–water partition coefficient (Wildman–Crippen LogP) is 1.31. The maximum atomic E-state index is 15.6. The van der Waals surface area contributed by atoms with Crippen molar-refractivity contribution in [2.24, 2.45) is 0 Å². The summed E-state index contributed by atoms with van der Waals surface area (Å²) in [7, 11) is 0. The molecule has 2 aromatic carbocycles. The number of fused-ring (bicyclic) bond motifs is 5. The number of nitrogens with zero attached hydrogens (tertiary/aromatic N) is 3. The highest BCUT2D eigenvalue weighted by Crippen LogP contribution is 2.46. The van der Waals surface area contributed by atoms with Gasteiger partial charge in [0.05, 0.1) is 61.1 Å². The fourth-order valence-electron chi connectivity index (χ4n) is 11.0. The summed E-state index contributed by atoms with van der Waals surface area (Å²) in [5.41, 5.74) is 0.199. The summed E-state index contributed by atoms with van der Waals surface area (Å²) in [5, 5.41) is 30.2. The summed E-state index contributed by atoms with van der Waals surface area (Å²) < 4.78 is 27.8. The van der Waals surface area contributed by atoms with Crippen LogP contribution in [0.2, 0.25) is 0 Å². The zero-order chi connectivity index (χ0) is 62.9. The number of ether oxygens (including phenoxy) is 2. The number of aliphatic hydroxyl groups is 1. The molecule has 5 heterocycles. The van der Waals surface area contributed by atoms with E-state index in [1.54, 1.807) is 65.0 Å². The lowest BCUT2D eigenvalue weighted by atomic mass is 9.81. The predicted molar refractivity (Wildman–Crippen MR) is 308 cm³/mol. The molecule has 87 heavy (non-hydrogen) atoms. The molecule has 8 rings (SSSR count). The van der Waals surface area contributed by atoms with Gasteiger partial charge in [-0.25, -0.2) is 14.2 Å². The molecule has 0 unspecified atom stereocenters. The number of pyridine rings is 2. The van der Waals surface area contributed by atoms with Crippen LogP contribution in [0.15, 0.2) is 59.4 Å². The SMILES string of the molecule is CC[C@@]1(O)C(=O)OCc2c1cc1n(c2=O)Cc2c-1nc1cc(F)c(C)c3c1c2[C@@H](NC(=O)[C@H](CC(=O)OC(C)(C)C)NC(=O)CCCNC(=O)CNC(=O)[C@H](Cc1ccccc1)NC(=O)CNC(=O)CNC(=O)CCCCCN1C(=O)C=CC1=O)CC3. The first-order valence-electron chi connectivity index (χ1n) is 28.9. The molecule has 4 aromatic rings. The van der Waals surface area contributed by atoms with E-state index in [1.807, 2.05) is 0 Å². The number of aromatic nitrogens is 2. The lowest BCUT2D eigenvalue weighted by Crippen LogP contribution is -2.52. The number of nitrogens with one attached hydrogen (secondary N) is 7.